The zero-order valence-corrected chi connectivity index (χ0v) is 13.3. The van der Waals surface area contributed by atoms with E-state index in [4.69, 9.17) is 4.74 Å². The monoisotopic (exact) mass is 286 g/mol. The maximum Gasteiger partial charge on any atom is 0.119 e. The van der Waals surface area contributed by atoms with Gasteiger partial charge in [0.1, 0.15) is 5.75 Å². The summed E-state index contributed by atoms with van der Waals surface area (Å²) >= 11 is 0. The summed E-state index contributed by atoms with van der Waals surface area (Å²) in [5, 5.41) is 3.56. The van der Waals surface area contributed by atoms with Crippen molar-refractivity contribution >= 4 is 0 Å². The zero-order chi connectivity index (χ0) is 15.1. The van der Waals surface area contributed by atoms with Crippen LogP contribution in [0.3, 0.4) is 0 Å². The van der Waals surface area contributed by atoms with E-state index in [0.717, 1.165) is 18.8 Å². The highest BCUT2D eigenvalue weighted by molar-refractivity contribution is 5.29. The number of nitrogens with one attached hydrogen (secondary N) is 1. The van der Waals surface area contributed by atoms with Crippen molar-refractivity contribution in [2.75, 3.05) is 13.7 Å². The number of hydrogen-bond donors (Lipinski definition) is 1. The van der Waals surface area contributed by atoms with Gasteiger partial charge < -0.3 is 14.6 Å². The summed E-state index contributed by atoms with van der Waals surface area (Å²) < 4.78 is 7.52. The van der Waals surface area contributed by atoms with Crippen LogP contribution in [0.5, 0.6) is 5.75 Å². The number of hydrogen-bond acceptors (Lipinski definition) is 2. The van der Waals surface area contributed by atoms with Crippen LogP contribution in [-0.4, -0.2) is 18.2 Å². The van der Waals surface area contributed by atoms with Gasteiger partial charge in [-0.25, -0.2) is 0 Å². The predicted octanol–water partition coefficient (Wildman–Crippen LogP) is 4.00. The number of aromatic nitrogens is 1. The topological polar surface area (TPSA) is 26.2 Å². The maximum atomic E-state index is 5.28. The molecule has 0 fully saturated rings. The Morgan fingerprint density at radius 1 is 1.24 bits per heavy atom. The molecule has 1 unspecified atom stereocenters. The van der Waals surface area contributed by atoms with Gasteiger partial charge in [0.15, 0.2) is 0 Å². The molecular formula is C18H26N2O. The fraction of sp³-hybridized carbons (Fsp3) is 0.444. The first-order chi connectivity index (χ1) is 10.3. The van der Waals surface area contributed by atoms with E-state index in [1.807, 2.05) is 12.1 Å². The molecule has 0 spiro atoms. The Labute approximate surface area is 127 Å². The van der Waals surface area contributed by atoms with Crippen LogP contribution in [0.2, 0.25) is 0 Å². The lowest BCUT2D eigenvalue weighted by molar-refractivity contribution is 0.414. The second-order valence-corrected chi connectivity index (χ2v) is 5.37. The molecule has 0 aliphatic heterocycles. The standard InChI is InChI=1S/C18H26N2O/c1-4-7-18(19-5-2)16-10-11-20(14-16)13-15-8-6-9-17(12-15)21-3/h6,8-12,14,18-19H,4-5,7,13H2,1-3H3. The van der Waals surface area contributed by atoms with Crippen LogP contribution < -0.4 is 10.1 Å². The van der Waals surface area contributed by atoms with E-state index in [2.05, 4.69) is 54.3 Å². The quantitative estimate of drug-likeness (QED) is 0.794. The molecule has 114 valence electrons. The Hall–Kier alpha value is -1.74. The van der Waals surface area contributed by atoms with Crippen LogP contribution in [0.4, 0.5) is 0 Å². The van der Waals surface area contributed by atoms with Crippen molar-refractivity contribution in [3.8, 4) is 5.75 Å². The second-order valence-electron chi connectivity index (χ2n) is 5.37. The summed E-state index contributed by atoms with van der Waals surface area (Å²) in [6.07, 6.45) is 6.78. The van der Waals surface area contributed by atoms with Gasteiger partial charge in [-0.2, -0.15) is 0 Å². The second kappa shape index (κ2) is 7.89. The Morgan fingerprint density at radius 2 is 2.10 bits per heavy atom. The SMILES string of the molecule is CCCC(NCC)c1ccn(Cc2cccc(OC)c2)c1. The fourth-order valence-corrected chi connectivity index (χ4v) is 2.67. The van der Waals surface area contributed by atoms with E-state index in [0.29, 0.717) is 6.04 Å². The smallest absolute Gasteiger partial charge is 0.119 e. The summed E-state index contributed by atoms with van der Waals surface area (Å²) in [7, 11) is 1.71. The van der Waals surface area contributed by atoms with Crippen molar-refractivity contribution in [1.82, 2.24) is 9.88 Å². The molecule has 2 aromatic rings. The summed E-state index contributed by atoms with van der Waals surface area (Å²) in [5.74, 6) is 0.913. The van der Waals surface area contributed by atoms with Crippen molar-refractivity contribution in [2.45, 2.75) is 39.3 Å². The lowest BCUT2D eigenvalue weighted by Gasteiger charge is -2.15. The average Bonchev–Trinajstić information content (AvgIpc) is 2.95. The van der Waals surface area contributed by atoms with Gasteiger partial charge >= 0.3 is 0 Å². The molecule has 1 aromatic heterocycles. The first-order valence-electron chi connectivity index (χ1n) is 7.78. The molecule has 3 nitrogen and oxygen atoms in total. The third-order valence-electron chi connectivity index (χ3n) is 3.70. The largest absolute Gasteiger partial charge is 0.497 e. The van der Waals surface area contributed by atoms with Gasteiger partial charge in [-0.1, -0.05) is 32.4 Å². The molecule has 0 aliphatic carbocycles. The number of ether oxygens (including phenoxy) is 1. The maximum absolute atomic E-state index is 5.28. The molecule has 1 N–H and O–H groups in total. The fourth-order valence-electron chi connectivity index (χ4n) is 2.67. The Balaban J connectivity index is 2.07. The van der Waals surface area contributed by atoms with Crippen molar-refractivity contribution in [3.05, 3.63) is 53.9 Å². The van der Waals surface area contributed by atoms with Crippen LogP contribution in [0, 0.1) is 0 Å². The van der Waals surface area contributed by atoms with E-state index in [9.17, 15) is 0 Å². The van der Waals surface area contributed by atoms with Crippen molar-refractivity contribution in [2.24, 2.45) is 0 Å². The van der Waals surface area contributed by atoms with Gasteiger partial charge in [-0.15, -0.1) is 0 Å². The van der Waals surface area contributed by atoms with Crippen LogP contribution in [-0.2, 0) is 6.54 Å². The normalized spacial score (nSPS) is 12.3. The summed E-state index contributed by atoms with van der Waals surface area (Å²) in [6.45, 7) is 6.28. The highest BCUT2D eigenvalue weighted by Crippen LogP contribution is 2.20. The van der Waals surface area contributed by atoms with Crippen LogP contribution >= 0.6 is 0 Å². The molecule has 0 radical (unpaired) electrons. The summed E-state index contributed by atoms with van der Waals surface area (Å²) in [5.41, 5.74) is 2.63. The minimum atomic E-state index is 0.464. The minimum Gasteiger partial charge on any atom is -0.497 e. The van der Waals surface area contributed by atoms with Gasteiger partial charge in [0.05, 0.1) is 7.11 Å². The molecule has 0 amide bonds. The molecule has 2 rings (SSSR count). The number of methoxy groups -OCH3 is 1. The van der Waals surface area contributed by atoms with Gasteiger partial charge in [0.25, 0.3) is 0 Å². The molecule has 1 aromatic carbocycles. The average molecular weight is 286 g/mol. The highest BCUT2D eigenvalue weighted by atomic mass is 16.5. The summed E-state index contributed by atoms with van der Waals surface area (Å²) in [6, 6.07) is 10.9. The number of nitrogens with zero attached hydrogens (tertiary/aromatic N) is 1. The van der Waals surface area contributed by atoms with Crippen molar-refractivity contribution in [3.63, 3.8) is 0 Å². The minimum absolute atomic E-state index is 0.464. The summed E-state index contributed by atoms with van der Waals surface area (Å²) in [4.78, 5) is 0. The third-order valence-corrected chi connectivity index (χ3v) is 3.70. The van der Waals surface area contributed by atoms with Crippen molar-refractivity contribution < 1.29 is 4.74 Å². The van der Waals surface area contributed by atoms with E-state index >= 15 is 0 Å². The zero-order valence-electron chi connectivity index (χ0n) is 13.3. The molecule has 1 atom stereocenters. The Bertz CT molecular complexity index is 542. The Kier molecular flexibility index (Phi) is 5.88. The molecule has 21 heavy (non-hydrogen) atoms. The van der Waals surface area contributed by atoms with Gasteiger partial charge in [-0.3, -0.25) is 0 Å². The number of rotatable bonds is 8. The van der Waals surface area contributed by atoms with Gasteiger partial charge in [0.2, 0.25) is 0 Å². The molecule has 0 bridgehead atoms. The molecule has 0 saturated heterocycles. The first kappa shape index (κ1) is 15.6. The van der Waals surface area contributed by atoms with Gasteiger partial charge in [-0.05, 0) is 42.3 Å². The molecule has 3 heteroatoms. The molecular weight excluding hydrogens is 260 g/mol. The molecule has 1 heterocycles. The van der Waals surface area contributed by atoms with Gasteiger partial charge in [0, 0.05) is 25.0 Å². The third kappa shape index (κ3) is 4.36. The lowest BCUT2D eigenvalue weighted by Crippen LogP contribution is -2.20. The Morgan fingerprint density at radius 3 is 2.81 bits per heavy atom. The van der Waals surface area contributed by atoms with Crippen LogP contribution in [0.25, 0.3) is 0 Å². The van der Waals surface area contributed by atoms with Crippen LogP contribution in [0.1, 0.15) is 43.9 Å². The van der Waals surface area contributed by atoms with Crippen molar-refractivity contribution in [1.29, 1.82) is 0 Å². The lowest BCUT2D eigenvalue weighted by atomic mass is 10.1. The highest BCUT2D eigenvalue weighted by Gasteiger charge is 2.10. The molecule has 0 aliphatic rings. The number of benzene rings is 1. The van der Waals surface area contributed by atoms with E-state index in [-0.39, 0.29) is 0 Å². The van der Waals surface area contributed by atoms with E-state index < -0.39 is 0 Å². The predicted molar refractivity (Wildman–Crippen MR) is 87.9 cm³/mol. The molecule has 0 saturated carbocycles. The van der Waals surface area contributed by atoms with E-state index in [1.54, 1.807) is 7.11 Å². The first-order valence-corrected chi connectivity index (χ1v) is 7.78. The van der Waals surface area contributed by atoms with E-state index in [1.165, 1.54) is 24.0 Å². The van der Waals surface area contributed by atoms with Crippen LogP contribution in [0.15, 0.2) is 42.7 Å².